The Labute approximate surface area is 135 Å². The third-order valence-electron chi connectivity index (χ3n) is 3.16. The normalized spacial score (nSPS) is 10.7. The second kappa shape index (κ2) is 9.79. The van der Waals surface area contributed by atoms with Crippen molar-refractivity contribution in [1.29, 1.82) is 0 Å². The van der Waals surface area contributed by atoms with Crippen LogP contribution in [0.25, 0.3) is 0 Å². The molecule has 0 heterocycles. The fourth-order valence-corrected chi connectivity index (χ4v) is 2.34. The number of likely N-dealkylation sites (N-methyl/N-ethyl adjacent to an activating group) is 1. The van der Waals surface area contributed by atoms with Crippen molar-refractivity contribution in [3.63, 3.8) is 0 Å². The van der Waals surface area contributed by atoms with E-state index in [-0.39, 0.29) is 5.97 Å². The first-order valence-electron chi connectivity index (χ1n) is 7.44. The van der Waals surface area contributed by atoms with E-state index < -0.39 is 0 Å². The van der Waals surface area contributed by atoms with E-state index in [1.807, 2.05) is 0 Å². The highest BCUT2D eigenvalue weighted by Crippen LogP contribution is 2.26. The predicted octanol–water partition coefficient (Wildman–Crippen LogP) is 3.74. The van der Waals surface area contributed by atoms with Crippen molar-refractivity contribution < 1.29 is 14.3 Å². The van der Waals surface area contributed by atoms with Crippen molar-refractivity contribution in [2.45, 2.75) is 27.2 Å². The minimum Gasteiger partial charge on any atom is -0.492 e. The van der Waals surface area contributed by atoms with Gasteiger partial charge in [0.15, 0.2) is 0 Å². The maximum atomic E-state index is 12.0. The first-order chi connectivity index (χ1) is 10.1. The van der Waals surface area contributed by atoms with Gasteiger partial charge in [0.05, 0.1) is 16.6 Å². The molecule has 0 aliphatic rings. The third-order valence-corrected chi connectivity index (χ3v) is 3.78. The Kier molecular flexibility index (Phi) is 8.38. The maximum Gasteiger partial charge on any atom is 0.338 e. The van der Waals surface area contributed by atoms with Gasteiger partial charge in [0.1, 0.15) is 12.4 Å². The highest BCUT2D eigenvalue weighted by Gasteiger charge is 2.11. The number of hydrogen-bond acceptors (Lipinski definition) is 4. The topological polar surface area (TPSA) is 38.8 Å². The Morgan fingerprint density at radius 1 is 1.19 bits per heavy atom. The molecule has 1 aromatic carbocycles. The van der Waals surface area contributed by atoms with Gasteiger partial charge in [-0.1, -0.05) is 20.8 Å². The number of benzene rings is 1. The van der Waals surface area contributed by atoms with Gasteiger partial charge in [-0.25, -0.2) is 4.79 Å². The van der Waals surface area contributed by atoms with E-state index >= 15 is 0 Å². The Hall–Kier alpha value is -1.07. The summed E-state index contributed by atoms with van der Waals surface area (Å²) in [7, 11) is 0. The average molecular weight is 358 g/mol. The molecule has 0 spiro atoms. The summed E-state index contributed by atoms with van der Waals surface area (Å²) in [5.74, 6) is 0.446. The van der Waals surface area contributed by atoms with Crippen LogP contribution in [-0.4, -0.2) is 43.7 Å². The lowest BCUT2D eigenvalue weighted by atomic mass is 10.2. The molecular weight excluding hydrogens is 334 g/mol. The van der Waals surface area contributed by atoms with Crippen LogP contribution in [0.5, 0.6) is 5.75 Å². The lowest BCUT2D eigenvalue weighted by Gasteiger charge is -2.17. The third kappa shape index (κ3) is 6.06. The molecule has 1 aromatic rings. The second-order valence-corrected chi connectivity index (χ2v) is 5.51. The minimum atomic E-state index is -0.301. The quantitative estimate of drug-likeness (QED) is 0.631. The molecule has 118 valence electrons. The van der Waals surface area contributed by atoms with E-state index in [2.05, 4.69) is 41.6 Å². The molecule has 0 aromatic heterocycles. The van der Waals surface area contributed by atoms with Gasteiger partial charge in [0, 0.05) is 6.54 Å². The van der Waals surface area contributed by atoms with E-state index in [1.54, 1.807) is 18.2 Å². The maximum absolute atomic E-state index is 12.0. The van der Waals surface area contributed by atoms with Crippen molar-refractivity contribution in [3.8, 4) is 5.75 Å². The van der Waals surface area contributed by atoms with Crippen molar-refractivity contribution in [2.24, 2.45) is 0 Å². The first-order valence-corrected chi connectivity index (χ1v) is 8.23. The van der Waals surface area contributed by atoms with Gasteiger partial charge in [-0.3, -0.25) is 0 Å². The SMILES string of the molecule is CCCOc1ccc(C(=O)OCCN(CC)CC)cc1Br. The zero-order chi connectivity index (χ0) is 15.7. The fourth-order valence-electron chi connectivity index (χ4n) is 1.85. The molecule has 0 aliphatic heterocycles. The second-order valence-electron chi connectivity index (χ2n) is 4.66. The standard InChI is InChI=1S/C16H24BrNO3/c1-4-10-20-15-8-7-13(12-14(15)17)16(19)21-11-9-18(5-2)6-3/h7-8,12H,4-6,9-11H2,1-3H3. The van der Waals surface area contributed by atoms with Crippen molar-refractivity contribution in [1.82, 2.24) is 4.90 Å². The summed E-state index contributed by atoms with van der Waals surface area (Å²) >= 11 is 3.42. The van der Waals surface area contributed by atoms with Crippen LogP contribution in [0.2, 0.25) is 0 Å². The zero-order valence-corrected chi connectivity index (χ0v) is 14.6. The van der Waals surface area contributed by atoms with Crippen LogP contribution in [0.4, 0.5) is 0 Å². The van der Waals surface area contributed by atoms with Crippen LogP contribution in [0.15, 0.2) is 22.7 Å². The molecule has 0 atom stereocenters. The molecule has 5 heteroatoms. The van der Waals surface area contributed by atoms with Crippen molar-refractivity contribution in [3.05, 3.63) is 28.2 Å². The molecule has 0 N–H and O–H groups in total. The lowest BCUT2D eigenvalue weighted by molar-refractivity contribution is 0.0466. The van der Waals surface area contributed by atoms with Gasteiger partial charge in [0.2, 0.25) is 0 Å². The number of carbonyl (C=O) groups is 1. The Morgan fingerprint density at radius 3 is 2.48 bits per heavy atom. The van der Waals surface area contributed by atoms with Gasteiger partial charge >= 0.3 is 5.97 Å². The molecule has 0 bridgehead atoms. The Bertz CT molecular complexity index is 447. The summed E-state index contributed by atoms with van der Waals surface area (Å²) in [5, 5.41) is 0. The number of halogens is 1. The van der Waals surface area contributed by atoms with Gasteiger partial charge < -0.3 is 14.4 Å². The summed E-state index contributed by atoms with van der Waals surface area (Å²) in [5.41, 5.74) is 0.533. The van der Waals surface area contributed by atoms with E-state index in [0.717, 1.165) is 36.3 Å². The largest absolute Gasteiger partial charge is 0.492 e. The Balaban J connectivity index is 2.52. The van der Waals surface area contributed by atoms with Crippen molar-refractivity contribution in [2.75, 3.05) is 32.8 Å². The number of esters is 1. The van der Waals surface area contributed by atoms with Crippen molar-refractivity contribution >= 4 is 21.9 Å². The molecule has 0 unspecified atom stereocenters. The molecule has 21 heavy (non-hydrogen) atoms. The molecular formula is C16H24BrNO3. The molecule has 4 nitrogen and oxygen atoms in total. The summed E-state index contributed by atoms with van der Waals surface area (Å²) in [6.45, 7) is 9.99. The van der Waals surface area contributed by atoms with Crippen LogP contribution in [0, 0.1) is 0 Å². The highest BCUT2D eigenvalue weighted by atomic mass is 79.9. The van der Waals surface area contributed by atoms with Crippen LogP contribution < -0.4 is 4.74 Å². The Morgan fingerprint density at radius 2 is 1.90 bits per heavy atom. The fraction of sp³-hybridized carbons (Fsp3) is 0.562. The zero-order valence-electron chi connectivity index (χ0n) is 13.0. The van der Waals surface area contributed by atoms with Crippen LogP contribution in [0.1, 0.15) is 37.6 Å². The molecule has 0 radical (unpaired) electrons. The minimum absolute atomic E-state index is 0.301. The van der Waals surface area contributed by atoms with Crippen LogP contribution in [-0.2, 0) is 4.74 Å². The molecule has 0 fully saturated rings. The highest BCUT2D eigenvalue weighted by molar-refractivity contribution is 9.10. The van der Waals surface area contributed by atoms with E-state index in [0.29, 0.717) is 18.8 Å². The number of carbonyl (C=O) groups excluding carboxylic acids is 1. The number of nitrogens with zero attached hydrogens (tertiary/aromatic N) is 1. The van der Waals surface area contributed by atoms with Gasteiger partial charge in [-0.2, -0.15) is 0 Å². The summed E-state index contributed by atoms with van der Waals surface area (Å²) in [4.78, 5) is 14.2. The smallest absolute Gasteiger partial charge is 0.338 e. The van der Waals surface area contributed by atoms with E-state index in [4.69, 9.17) is 9.47 Å². The summed E-state index contributed by atoms with van der Waals surface area (Å²) < 4.78 is 11.6. The van der Waals surface area contributed by atoms with E-state index in [1.165, 1.54) is 0 Å². The molecule has 0 saturated carbocycles. The molecule has 0 amide bonds. The van der Waals surface area contributed by atoms with Gasteiger partial charge in [0.25, 0.3) is 0 Å². The molecule has 1 rings (SSSR count). The monoisotopic (exact) mass is 357 g/mol. The van der Waals surface area contributed by atoms with Crippen LogP contribution >= 0.6 is 15.9 Å². The number of rotatable bonds is 9. The van der Waals surface area contributed by atoms with Gasteiger partial charge in [-0.05, 0) is 53.6 Å². The first kappa shape index (κ1) is 18.0. The predicted molar refractivity (Wildman–Crippen MR) is 88.0 cm³/mol. The van der Waals surface area contributed by atoms with Gasteiger partial charge in [-0.15, -0.1) is 0 Å². The summed E-state index contributed by atoms with van der Waals surface area (Å²) in [6, 6.07) is 5.26. The summed E-state index contributed by atoms with van der Waals surface area (Å²) in [6.07, 6.45) is 0.946. The van der Waals surface area contributed by atoms with Crippen LogP contribution in [0.3, 0.4) is 0 Å². The number of ether oxygens (including phenoxy) is 2. The van der Waals surface area contributed by atoms with E-state index in [9.17, 15) is 4.79 Å². The number of hydrogen-bond donors (Lipinski definition) is 0. The molecule has 0 aliphatic carbocycles. The average Bonchev–Trinajstić information content (AvgIpc) is 2.50. The lowest BCUT2D eigenvalue weighted by Crippen LogP contribution is -2.27. The molecule has 0 saturated heterocycles.